The van der Waals surface area contributed by atoms with E-state index in [1.165, 1.54) is 21.5 Å². The molecular formula is C28H32N6O4. The summed E-state index contributed by atoms with van der Waals surface area (Å²) in [6.07, 6.45) is 1.92. The molecule has 10 nitrogen and oxygen atoms in total. The molecule has 0 spiro atoms. The van der Waals surface area contributed by atoms with Crippen LogP contribution in [0.5, 0.6) is 11.5 Å². The number of hydrogen-bond donors (Lipinski definition) is 3. The Morgan fingerprint density at radius 1 is 0.921 bits per heavy atom. The van der Waals surface area contributed by atoms with Gasteiger partial charge >= 0.3 is 0 Å². The number of anilines is 1. The number of methoxy groups -OCH3 is 2. The minimum absolute atomic E-state index is 0.206. The molecule has 0 aliphatic carbocycles. The van der Waals surface area contributed by atoms with Crippen molar-refractivity contribution < 1.29 is 19.7 Å². The number of ether oxygens (including phenoxy) is 2. The molecule has 0 atom stereocenters. The number of benzene rings is 3. The Bertz CT molecular complexity index is 1420. The lowest BCUT2D eigenvalue weighted by Gasteiger charge is -2.29. The van der Waals surface area contributed by atoms with E-state index in [1.807, 2.05) is 12.1 Å². The Morgan fingerprint density at radius 3 is 2.29 bits per heavy atom. The van der Waals surface area contributed by atoms with Crippen molar-refractivity contribution in [3.8, 4) is 28.6 Å². The minimum atomic E-state index is -0.217. The number of fused-ring (bicyclic) bond motifs is 1. The molecule has 0 bridgehead atoms. The topological polar surface area (TPSA) is 132 Å². The molecule has 0 unspecified atom stereocenters. The fraction of sp³-hybridized carbons (Fsp3) is 0.321. The third-order valence-electron chi connectivity index (χ3n) is 7.05. The highest BCUT2D eigenvalue weighted by atomic mass is 16.5. The first kappa shape index (κ1) is 25.7. The van der Waals surface area contributed by atoms with Crippen LogP contribution in [0, 0.1) is 0 Å². The van der Waals surface area contributed by atoms with Crippen LogP contribution in [0.1, 0.15) is 27.8 Å². The molecule has 1 aromatic heterocycles. The lowest BCUT2D eigenvalue weighted by Crippen LogP contribution is -2.32. The quantitative estimate of drug-likeness (QED) is 0.287. The van der Waals surface area contributed by atoms with Crippen molar-refractivity contribution in [1.29, 1.82) is 0 Å². The summed E-state index contributed by atoms with van der Waals surface area (Å²) in [6.45, 7) is 2.43. The molecule has 0 amide bonds. The van der Waals surface area contributed by atoms with Gasteiger partial charge in [-0.15, -0.1) is 15.0 Å². The van der Waals surface area contributed by atoms with Gasteiger partial charge in [-0.05, 0) is 82.3 Å². The van der Waals surface area contributed by atoms with Gasteiger partial charge in [-0.25, -0.2) is 0 Å². The predicted octanol–water partition coefficient (Wildman–Crippen LogP) is 2.51. The van der Waals surface area contributed by atoms with E-state index in [-0.39, 0.29) is 13.2 Å². The molecule has 38 heavy (non-hydrogen) atoms. The van der Waals surface area contributed by atoms with Crippen molar-refractivity contribution in [2.24, 2.45) is 0 Å². The van der Waals surface area contributed by atoms with Crippen LogP contribution < -0.4 is 15.2 Å². The predicted molar refractivity (Wildman–Crippen MR) is 143 cm³/mol. The summed E-state index contributed by atoms with van der Waals surface area (Å²) in [6, 6.07) is 15.6. The molecule has 0 radical (unpaired) electrons. The number of aliphatic hydroxyl groups is 2. The summed E-state index contributed by atoms with van der Waals surface area (Å²) < 4.78 is 10.9. The van der Waals surface area contributed by atoms with Gasteiger partial charge < -0.3 is 25.4 Å². The van der Waals surface area contributed by atoms with E-state index in [9.17, 15) is 10.2 Å². The summed E-state index contributed by atoms with van der Waals surface area (Å²) >= 11 is 0. The van der Waals surface area contributed by atoms with Crippen LogP contribution in [-0.2, 0) is 32.6 Å². The monoisotopic (exact) mass is 516 g/mol. The largest absolute Gasteiger partial charge is 0.493 e. The third kappa shape index (κ3) is 5.19. The van der Waals surface area contributed by atoms with Gasteiger partial charge in [-0.3, -0.25) is 4.90 Å². The van der Waals surface area contributed by atoms with Crippen molar-refractivity contribution in [1.82, 2.24) is 25.1 Å². The maximum absolute atomic E-state index is 9.61. The lowest BCUT2D eigenvalue weighted by molar-refractivity contribution is 0.255. The van der Waals surface area contributed by atoms with Gasteiger partial charge in [0, 0.05) is 30.9 Å². The minimum Gasteiger partial charge on any atom is -0.493 e. The molecule has 4 aromatic rings. The second-order valence-corrected chi connectivity index (χ2v) is 9.35. The van der Waals surface area contributed by atoms with Gasteiger partial charge in [0.15, 0.2) is 11.5 Å². The molecular weight excluding hydrogens is 484 g/mol. The molecule has 3 aromatic carbocycles. The van der Waals surface area contributed by atoms with Gasteiger partial charge in [0.1, 0.15) is 0 Å². The maximum atomic E-state index is 9.61. The van der Waals surface area contributed by atoms with Crippen molar-refractivity contribution in [3.05, 3.63) is 76.3 Å². The number of hydrogen-bond acceptors (Lipinski definition) is 9. The van der Waals surface area contributed by atoms with Gasteiger partial charge in [0.05, 0.1) is 33.1 Å². The smallest absolute Gasteiger partial charge is 0.207 e. The van der Waals surface area contributed by atoms with Crippen molar-refractivity contribution in [3.63, 3.8) is 0 Å². The lowest BCUT2D eigenvalue weighted by atomic mass is 9.98. The zero-order valence-corrected chi connectivity index (χ0v) is 21.6. The van der Waals surface area contributed by atoms with E-state index in [1.54, 1.807) is 26.4 Å². The first-order chi connectivity index (χ1) is 18.5. The van der Waals surface area contributed by atoms with Crippen LogP contribution in [0.4, 0.5) is 5.69 Å². The summed E-state index contributed by atoms with van der Waals surface area (Å²) in [7, 11) is 3.34. The van der Waals surface area contributed by atoms with Crippen LogP contribution in [0.3, 0.4) is 0 Å². The second kappa shape index (κ2) is 11.2. The fourth-order valence-electron chi connectivity index (χ4n) is 4.84. The second-order valence-electron chi connectivity index (χ2n) is 9.35. The molecule has 0 fully saturated rings. The van der Waals surface area contributed by atoms with Crippen LogP contribution in [0.25, 0.3) is 17.1 Å². The Morgan fingerprint density at radius 2 is 1.61 bits per heavy atom. The van der Waals surface area contributed by atoms with E-state index in [0.29, 0.717) is 28.2 Å². The molecule has 4 N–H and O–H groups in total. The molecule has 1 aliphatic rings. The maximum Gasteiger partial charge on any atom is 0.207 e. The first-order valence-electron chi connectivity index (χ1n) is 12.5. The summed E-state index contributed by atoms with van der Waals surface area (Å²) in [5.41, 5.74) is 12.9. The van der Waals surface area contributed by atoms with Gasteiger partial charge in [-0.2, -0.15) is 0 Å². The van der Waals surface area contributed by atoms with E-state index in [4.69, 9.17) is 15.2 Å². The standard InChI is InChI=1S/C28H32N6O4/c1-37-26-13-19-8-10-33(15-20(19)14-27(26)38-2)9-7-18-3-5-23(6-4-18)34-31-28(30-32-34)24-11-21(16-35)22(17-36)12-25(24)29/h3-6,11-14,35-36H,7-10,15-17,29H2,1-2H3. The summed E-state index contributed by atoms with van der Waals surface area (Å²) in [5.74, 6) is 1.91. The molecule has 2 heterocycles. The Hall–Kier alpha value is -3.99. The van der Waals surface area contributed by atoms with E-state index < -0.39 is 0 Å². The number of rotatable bonds is 9. The number of nitrogen functional groups attached to an aromatic ring is 1. The van der Waals surface area contributed by atoms with Crippen LogP contribution in [0.15, 0.2) is 48.5 Å². The van der Waals surface area contributed by atoms with Gasteiger partial charge in [-0.1, -0.05) is 12.1 Å². The highest BCUT2D eigenvalue weighted by Crippen LogP contribution is 2.33. The Labute approximate surface area is 221 Å². The number of aromatic nitrogens is 4. The van der Waals surface area contributed by atoms with Gasteiger partial charge in [0.2, 0.25) is 5.82 Å². The van der Waals surface area contributed by atoms with Crippen LogP contribution in [-0.4, -0.2) is 62.6 Å². The average molecular weight is 517 g/mol. The van der Waals surface area contributed by atoms with Crippen LogP contribution in [0.2, 0.25) is 0 Å². The molecule has 5 rings (SSSR count). The third-order valence-corrected chi connectivity index (χ3v) is 7.05. The number of nitrogens with two attached hydrogens (primary N) is 1. The molecule has 0 saturated carbocycles. The molecule has 1 aliphatic heterocycles. The number of nitrogens with zero attached hydrogens (tertiary/aromatic N) is 5. The van der Waals surface area contributed by atoms with Crippen LogP contribution >= 0.6 is 0 Å². The molecule has 10 heteroatoms. The highest BCUT2D eigenvalue weighted by Gasteiger charge is 2.19. The number of aliphatic hydroxyl groups excluding tert-OH is 2. The highest BCUT2D eigenvalue weighted by molar-refractivity contribution is 5.73. The molecule has 198 valence electrons. The Balaban J connectivity index is 1.23. The first-order valence-corrected chi connectivity index (χ1v) is 12.5. The zero-order valence-electron chi connectivity index (χ0n) is 21.6. The summed E-state index contributed by atoms with van der Waals surface area (Å²) in [5, 5.41) is 31.9. The van der Waals surface area contributed by atoms with Gasteiger partial charge in [0.25, 0.3) is 0 Å². The SMILES string of the molecule is COc1cc2c(cc1OC)CN(CCc1ccc(-n3nnc(-c4cc(CO)c(CO)cc4N)n3)cc1)CC2. The number of tetrazole rings is 1. The zero-order chi connectivity index (χ0) is 26.6. The summed E-state index contributed by atoms with van der Waals surface area (Å²) in [4.78, 5) is 3.92. The van der Waals surface area contributed by atoms with Crippen molar-refractivity contribution in [2.75, 3.05) is 33.0 Å². The van der Waals surface area contributed by atoms with E-state index in [0.717, 1.165) is 49.7 Å². The normalized spacial score (nSPS) is 13.4. The Kier molecular flexibility index (Phi) is 7.54. The van der Waals surface area contributed by atoms with Crippen molar-refractivity contribution in [2.45, 2.75) is 32.6 Å². The average Bonchev–Trinajstić information content (AvgIpc) is 3.45. The molecule has 0 saturated heterocycles. The van der Waals surface area contributed by atoms with Crippen molar-refractivity contribution >= 4 is 5.69 Å². The van der Waals surface area contributed by atoms with E-state index >= 15 is 0 Å². The fourth-order valence-corrected chi connectivity index (χ4v) is 4.84. The van der Waals surface area contributed by atoms with E-state index in [2.05, 4.69) is 44.6 Å².